The van der Waals surface area contributed by atoms with Crippen molar-refractivity contribution in [2.45, 2.75) is 0 Å². The van der Waals surface area contributed by atoms with Crippen molar-refractivity contribution in [3.63, 3.8) is 0 Å². The molecule has 1 N–H and O–H groups in total. The van der Waals surface area contributed by atoms with Gasteiger partial charge in [0.15, 0.2) is 0 Å². The molecule has 1 fully saturated rings. The zero-order chi connectivity index (χ0) is 23.1. The number of hydrogen-bond acceptors (Lipinski definition) is 8. The van der Waals surface area contributed by atoms with Crippen LogP contribution in [0.15, 0.2) is 53.5 Å². The Labute approximate surface area is 189 Å². The van der Waals surface area contributed by atoms with Gasteiger partial charge < -0.3 is 19.7 Å². The molecule has 3 heterocycles. The summed E-state index contributed by atoms with van der Waals surface area (Å²) in [5.41, 5.74) is 2.63. The van der Waals surface area contributed by atoms with Crippen molar-refractivity contribution in [1.82, 2.24) is 19.4 Å². The number of nitro benzene ring substituents is 1. The summed E-state index contributed by atoms with van der Waals surface area (Å²) in [4.78, 5) is 37.1. The number of benzene rings is 2. The van der Waals surface area contributed by atoms with Crippen LogP contribution in [0.1, 0.15) is 0 Å². The standard InChI is InChI=1S/C23H23N7O3/c1-27-8-10-29(11-9-27)16-5-3-4-15(12-16)25-23-24-14-20-21(26-23)18-7-6-17(30(32)33)13-19(18)22(31)28(20)2/h3-7,12-14H,8-11H2,1-2H3,(H,24,25,26). The molecule has 0 spiro atoms. The van der Waals surface area contributed by atoms with Gasteiger partial charge in [-0.25, -0.2) is 9.97 Å². The van der Waals surface area contributed by atoms with E-state index in [1.807, 2.05) is 12.1 Å². The van der Waals surface area contributed by atoms with Gasteiger partial charge in [-0.15, -0.1) is 0 Å². The number of nitrogens with one attached hydrogen (secondary N) is 1. The Kier molecular flexibility index (Phi) is 5.14. The van der Waals surface area contributed by atoms with Crippen LogP contribution >= 0.6 is 0 Å². The van der Waals surface area contributed by atoms with Crippen molar-refractivity contribution >= 4 is 44.8 Å². The third-order valence-corrected chi connectivity index (χ3v) is 6.11. The van der Waals surface area contributed by atoms with E-state index in [0.29, 0.717) is 22.4 Å². The van der Waals surface area contributed by atoms with Crippen LogP contribution in [0.25, 0.3) is 21.8 Å². The lowest BCUT2D eigenvalue weighted by molar-refractivity contribution is -0.384. The van der Waals surface area contributed by atoms with E-state index in [0.717, 1.165) is 37.6 Å². The number of aromatic nitrogens is 3. The normalized spacial score (nSPS) is 14.7. The Hall–Kier alpha value is -4.05. The van der Waals surface area contributed by atoms with Crippen LogP contribution in [-0.2, 0) is 7.05 Å². The van der Waals surface area contributed by atoms with Gasteiger partial charge >= 0.3 is 0 Å². The van der Waals surface area contributed by atoms with Gasteiger partial charge in [0.05, 0.1) is 22.0 Å². The van der Waals surface area contributed by atoms with E-state index >= 15 is 0 Å². The van der Waals surface area contributed by atoms with Gasteiger partial charge in [-0.1, -0.05) is 6.07 Å². The quantitative estimate of drug-likeness (QED) is 0.290. The van der Waals surface area contributed by atoms with Gasteiger partial charge in [-0.2, -0.15) is 0 Å². The van der Waals surface area contributed by atoms with E-state index in [1.165, 1.54) is 16.7 Å². The van der Waals surface area contributed by atoms with Gasteiger partial charge in [0, 0.05) is 62.1 Å². The van der Waals surface area contributed by atoms with Crippen molar-refractivity contribution in [3.8, 4) is 0 Å². The van der Waals surface area contributed by atoms with Crippen molar-refractivity contribution in [1.29, 1.82) is 0 Å². The third-order valence-electron chi connectivity index (χ3n) is 6.11. The summed E-state index contributed by atoms with van der Waals surface area (Å²) in [5, 5.41) is 15.2. The topological polar surface area (TPSA) is 109 Å². The highest BCUT2D eigenvalue weighted by molar-refractivity contribution is 6.04. The van der Waals surface area contributed by atoms with Gasteiger partial charge in [0.25, 0.3) is 11.2 Å². The van der Waals surface area contributed by atoms with E-state index < -0.39 is 4.92 Å². The zero-order valence-corrected chi connectivity index (χ0v) is 18.4. The minimum Gasteiger partial charge on any atom is -0.369 e. The highest BCUT2D eigenvalue weighted by Gasteiger charge is 2.16. The van der Waals surface area contributed by atoms with Crippen LogP contribution in [-0.4, -0.2) is 57.6 Å². The number of rotatable bonds is 4. The number of fused-ring (bicyclic) bond motifs is 3. The second kappa shape index (κ2) is 8.14. The maximum absolute atomic E-state index is 12.8. The predicted octanol–water partition coefficient (Wildman–Crippen LogP) is 2.89. The molecule has 0 amide bonds. The molecule has 2 aromatic heterocycles. The molecule has 1 aliphatic heterocycles. The summed E-state index contributed by atoms with van der Waals surface area (Å²) in [6.07, 6.45) is 1.59. The molecule has 0 bridgehead atoms. The average molecular weight is 445 g/mol. The number of pyridine rings is 1. The molecule has 0 saturated carbocycles. The highest BCUT2D eigenvalue weighted by atomic mass is 16.6. The van der Waals surface area contributed by atoms with Crippen LogP contribution in [0.4, 0.5) is 23.0 Å². The molecule has 10 nitrogen and oxygen atoms in total. The fraction of sp³-hybridized carbons (Fsp3) is 0.261. The van der Waals surface area contributed by atoms with Gasteiger partial charge in [0.2, 0.25) is 5.95 Å². The van der Waals surface area contributed by atoms with E-state index in [2.05, 4.69) is 44.3 Å². The second-order valence-corrected chi connectivity index (χ2v) is 8.24. The molecule has 10 heteroatoms. The largest absolute Gasteiger partial charge is 0.369 e. The number of non-ortho nitro benzene ring substituents is 1. The molecule has 4 aromatic rings. The smallest absolute Gasteiger partial charge is 0.270 e. The molecule has 0 aliphatic carbocycles. The van der Waals surface area contributed by atoms with Crippen LogP contribution in [0.5, 0.6) is 0 Å². The Balaban J connectivity index is 1.53. The molecule has 2 aromatic carbocycles. The number of hydrogen-bond donors (Lipinski definition) is 1. The molecular formula is C23H23N7O3. The average Bonchev–Trinajstić information content (AvgIpc) is 2.83. The maximum atomic E-state index is 12.8. The molecule has 0 radical (unpaired) electrons. The molecule has 0 unspecified atom stereocenters. The van der Waals surface area contributed by atoms with Crippen LogP contribution in [0, 0.1) is 10.1 Å². The van der Waals surface area contributed by atoms with E-state index in [-0.39, 0.29) is 16.6 Å². The van der Waals surface area contributed by atoms with Crippen molar-refractivity contribution in [3.05, 3.63) is 69.1 Å². The Morgan fingerprint density at radius 3 is 2.58 bits per heavy atom. The number of nitrogens with zero attached hydrogens (tertiary/aromatic N) is 6. The second-order valence-electron chi connectivity index (χ2n) is 8.24. The lowest BCUT2D eigenvalue weighted by Gasteiger charge is -2.34. The molecular weight excluding hydrogens is 422 g/mol. The summed E-state index contributed by atoms with van der Waals surface area (Å²) in [7, 11) is 3.74. The molecule has 1 saturated heterocycles. The first-order valence-corrected chi connectivity index (χ1v) is 10.7. The highest BCUT2D eigenvalue weighted by Crippen LogP contribution is 2.27. The molecule has 33 heavy (non-hydrogen) atoms. The first-order valence-electron chi connectivity index (χ1n) is 10.7. The summed E-state index contributed by atoms with van der Waals surface area (Å²) in [6.45, 7) is 3.99. The van der Waals surface area contributed by atoms with E-state index in [9.17, 15) is 14.9 Å². The lowest BCUT2D eigenvalue weighted by atomic mass is 10.1. The SMILES string of the molecule is CN1CCN(c2cccc(Nc3ncc4c(n3)c3ccc([N+](=O)[O-])cc3c(=O)n4C)c2)CC1. The zero-order valence-electron chi connectivity index (χ0n) is 18.4. The Bertz CT molecular complexity index is 1440. The van der Waals surface area contributed by atoms with E-state index in [1.54, 1.807) is 19.3 Å². The Morgan fingerprint density at radius 1 is 1.03 bits per heavy atom. The first-order chi connectivity index (χ1) is 15.9. The van der Waals surface area contributed by atoms with Gasteiger partial charge in [-0.05, 0) is 31.3 Å². The van der Waals surface area contributed by atoms with Gasteiger partial charge in [0.1, 0.15) is 5.52 Å². The summed E-state index contributed by atoms with van der Waals surface area (Å²) >= 11 is 0. The van der Waals surface area contributed by atoms with Gasteiger partial charge in [-0.3, -0.25) is 14.9 Å². The minimum absolute atomic E-state index is 0.132. The molecule has 168 valence electrons. The molecule has 0 atom stereocenters. The maximum Gasteiger partial charge on any atom is 0.270 e. The fourth-order valence-corrected chi connectivity index (χ4v) is 4.17. The molecule has 5 rings (SSSR count). The summed E-state index contributed by atoms with van der Waals surface area (Å²) < 4.78 is 1.42. The summed E-state index contributed by atoms with van der Waals surface area (Å²) in [5.74, 6) is 0.385. The lowest BCUT2D eigenvalue weighted by Crippen LogP contribution is -2.44. The minimum atomic E-state index is -0.511. The van der Waals surface area contributed by atoms with Crippen LogP contribution < -0.4 is 15.8 Å². The number of nitro groups is 1. The van der Waals surface area contributed by atoms with Crippen LogP contribution in [0.2, 0.25) is 0 Å². The van der Waals surface area contributed by atoms with Crippen molar-refractivity contribution in [2.75, 3.05) is 43.4 Å². The predicted molar refractivity (Wildman–Crippen MR) is 128 cm³/mol. The first kappa shape index (κ1) is 20.8. The fourth-order valence-electron chi connectivity index (χ4n) is 4.17. The third kappa shape index (κ3) is 3.85. The van der Waals surface area contributed by atoms with Crippen LogP contribution in [0.3, 0.4) is 0 Å². The Morgan fingerprint density at radius 2 is 1.82 bits per heavy atom. The number of piperazine rings is 1. The summed E-state index contributed by atoms with van der Waals surface area (Å²) in [6, 6.07) is 12.4. The monoisotopic (exact) mass is 445 g/mol. The van der Waals surface area contributed by atoms with Crippen molar-refractivity contribution in [2.24, 2.45) is 7.05 Å². The number of aryl methyl sites for hydroxylation is 1. The number of likely N-dealkylation sites (N-methyl/N-ethyl adjacent to an activating group) is 1. The van der Waals surface area contributed by atoms with E-state index in [4.69, 9.17) is 0 Å². The van der Waals surface area contributed by atoms with Crippen molar-refractivity contribution < 1.29 is 4.92 Å². The number of anilines is 3. The molecule has 1 aliphatic rings.